The van der Waals surface area contributed by atoms with Gasteiger partial charge >= 0.3 is 0 Å². The van der Waals surface area contributed by atoms with Crippen LogP contribution in [0.25, 0.3) is 39.0 Å². The van der Waals surface area contributed by atoms with Gasteiger partial charge in [0.05, 0.1) is 16.9 Å². The Morgan fingerprint density at radius 3 is 2.80 bits per heavy atom. The van der Waals surface area contributed by atoms with Gasteiger partial charge in [-0.05, 0) is 41.8 Å². The van der Waals surface area contributed by atoms with E-state index in [1.807, 2.05) is 47.2 Å². The predicted molar refractivity (Wildman–Crippen MR) is 98.4 cm³/mol. The Morgan fingerprint density at radius 2 is 1.92 bits per heavy atom. The number of imidazole rings is 1. The first-order valence-electron chi connectivity index (χ1n) is 7.93. The lowest BCUT2D eigenvalue weighted by Gasteiger charge is -2.07. The number of rotatable bonds is 2. The van der Waals surface area contributed by atoms with E-state index in [-0.39, 0.29) is 0 Å². The van der Waals surface area contributed by atoms with Crippen LogP contribution in [0, 0.1) is 0 Å². The maximum Gasteiger partial charge on any atom is 0.206 e. The molecule has 25 heavy (non-hydrogen) atoms. The van der Waals surface area contributed by atoms with Crippen molar-refractivity contribution in [2.75, 3.05) is 5.73 Å². The number of nitrogen functional groups attached to an aromatic ring is 1. The van der Waals surface area contributed by atoms with E-state index < -0.39 is 0 Å². The standard InChI is InChI=1S/C19H14N6/c20-19-24-18-16(7-10-23-17(18)14-3-1-2-8-21-14)25(19)13-5-4-12-6-9-22-15(12)11-13/h1-11,22H,(H2,20,24). The van der Waals surface area contributed by atoms with Crippen molar-refractivity contribution >= 4 is 27.9 Å². The molecule has 0 aliphatic rings. The number of hydrogen-bond donors (Lipinski definition) is 2. The maximum atomic E-state index is 6.25. The van der Waals surface area contributed by atoms with Crippen LogP contribution in [0.5, 0.6) is 0 Å². The largest absolute Gasteiger partial charge is 0.369 e. The van der Waals surface area contributed by atoms with Gasteiger partial charge in [0.2, 0.25) is 5.95 Å². The molecule has 120 valence electrons. The van der Waals surface area contributed by atoms with Gasteiger partial charge in [-0.2, -0.15) is 0 Å². The third-order valence-corrected chi connectivity index (χ3v) is 4.30. The lowest BCUT2D eigenvalue weighted by atomic mass is 10.2. The highest BCUT2D eigenvalue weighted by atomic mass is 15.2. The van der Waals surface area contributed by atoms with E-state index in [2.05, 4.69) is 32.1 Å². The number of H-pyrrole nitrogens is 1. The van der Waals surface area contributed by atoms with Gasteiger partial charge in [-0.1, -0.05) is 12.1 Å². The highest BCUT2D eigenvalue weighted by molar-refractivity contribution is 5.92. The number of hydrogen-bond acceptors (Lipinski definition) is 4. The molecule has 0 amide bonds. The van der Waals surface area contributed by atoms with Gasteiger partial charge in [0.1, 0.15) is 11.2 Å². The minimum Gasteiger partial charge on any atom is -0.369 e. The number of nitrogens with two attached hydrogens (primary N) is 1. The molecule has 4 aromatic heterocycles. The molecule has 0 aliphatic heterocycles. The topological polar surface area (TPSA) is 85.4 Å². The first-order valence-corrected chi connectivity index (χ1v) is 7.93. The van der Waals surface area contributed by atoms with Crippen molar-refractivity contribution in [2.24, 2.45) is 0 Å². The predicted octanol–water partition coefficient (Wildman–Crippen LogP) is 3.55. The average molecular weight is 326 g/mol. The van der Waals surface area contributed by atoms with Crippen LogP contribution in [-0.2, 0) is 0 Å². The molecule has 0 bridgehead atoms. The molecule has 0 spiro atoms. The van der Waals surface area contributed by atoms with Crippen molar-refractivity contribution < 1.29 is 0 Å². The molecule has 3 N–H and O–H groups in total. The summed E-state index contributed by atoms with van der Waals surface area (Å²) in [5, 5.41) is 1.16. The molecule has 6 nitrogen and oxygen atoms in total. The molecule has 6 heteroatoms. The Hall–Kier alpha value is -3.67. The summed E-state index contributed by atoms with van der Waals surface area (Å²) in [6.45, 7) is 0. The summed E-state index contributed by atoms with van der Waals surface area (Å²) in [7, 11) is 0. The molecule has 0 fully saturated rings. The highest BCUT2D eigenvalue weighted by Gasteiger charge is 2.16. The van der Waals surface area contributed by atoms with Gasteiger partial charge in [0, 0.05) is 24.1 Å². The Labute approximate surface area is 143 Å². The number of aromatic nitrogens is 5. The third-order valence-electron chi connectivity index (χ3n) is 4.30. The van der Waals surface area contributed by atoms with Crippen molar-refractivity contribution in [2.45, 2.75) is 0 Å². The zero-order chi connectivity index (χ0) is 16.8. The number of anilines is 1. The Kier molecular flexibility index (Phi) is 2.84. The fraction of sp³-hybridized carbons (Fsp3) is 0. The summed E-state index contributed by atoms with van der Waals surface area (Å²) in [6.07, 6.45) is 5.43. The Balaban J connectivity index is 1.78. The number of fused-ring (bicyclic) bond motifs is 2. The van der Waals surface area contributed by atoms with Crippen LogP contribution in [0.15, 0.2) is 67.1 Å². The van der Waals surface area contributed by atoms with Gasteiger partial charge in [0.25, 0.3) is 0 Å². The summed E-state index contributed by atoms with van der Waals surface area (Å²) in [5.74, 6) is 0.422. The molecule has 0 aliphatic carbocycles. The molecule has 5 rings (SSSR count). The van der Waals surface area contributed by atoms with Crippen LogP contribution >= 0.6 is 0 Å². The summed E-state index contributed by atoms with van der Waals surface area (Å²) in [4.78, 5) is 16.6. The Morgan fingerprint density at radius 1 is 0.960 bits per heavy atom. The summed E-state index contributed by atoms with van der Waals surface area (Å²) in [5.41, 5.74) is 11.4. The molecule has 0 radical (unpaired) electrons. The minimum absolute atomic E-state index is 0.422. The van der Waals surface area contributed by atoms with E-state index in [1.54, 1.807) is 12.4 Å². The minimum atomic E-state index is 0.422. The Bertz CT molecular complexity index is 1200. The van der Waals surface area contributed by atoms with Crippen LogP contribution in [0.3, 0.4) is 0 Å². The molecule has 0 saturated heterocycles. The molecule has 0 saturated carbocycles. The molecule has 1 aromatic carbocycles. The summed E-state index contributed by atoms with van der Waals surface area (Å²) >= 11 is 0. The fourth-order valence-electron chi connectivity index (χ4n) is 3.16. The molecule has 5 aromatic rings. The second kappa shape index (κ2) is 5.17. The van der Waals surface area contributed by atoms with Gasteiger partial charge in [-0.3, -0.25) is 14.5 Å². The van der Waals surface area contributed by atoms with Gasteiger partial charge < -0.3 is 10.7 Å². The summed E-state index contributed by atoms with van der Waals surface area (Å²) in [6, 6.07) is 15.9. The number of aromatic amines is 1. The van der Waals surface area contributed by atoms with E-state index in [4.69, 9.17) is 5.73 Å². The maximum absolute atomic E-state index is 6.25. The van der Waals surface area contributed by atoms with Crippen LogP contribution in [0.4, 0.5) is 5.95 Å². The van der Waals surface area contributed by atoms with Crippen LogP contribution in [-0.4, -0.2) is 24.5 Å². The second-order valence-corrected chi connectivity index (χ2v) is 5.80. The molecule has 4 heterocycles. The van der Waals surface area contributed by atoms with Crippen molar-refractivity contribution in [3.05, 3.63) is 67.1 Å². The third kappa shape index (κ3) is 2.08. The second-order valence-electron chi connectivity index (χ2n) is 5.80. The van der Waals surface area contributed by atoms with Crippen molar-refractivity contribution in [3.63, 3.8) is 0 Å². The van der Waals surface area contributed by atoms with Gasteiger partial charge in [0.15, 0.2) is 0 Å². The van der Waals surface area contributed by atoms with E-state index in [0.717, 1.165) is 39.0 Å². The van der Waals surface area contributed by atoms with Crippen molar-refractivity contribution in [1.29, 1.82) is 0 Å². The molecule has 0 unspecified atom stereocenters. The fourth-order valence-corrected chi connectivity index (χ4v) is 3.16. The number of benzene rings is 1. The number of nitrogens with zero attached hydrogens (tertiary/aromatic N) is 4. The van der Waals surface area contributed by atoms with Crippen LogP contribution < -0.4 is 5.73 Å². The van der Waals surface area contributed by atoms with Crippen LogP contribution in [0.2, 0.25) is 0 Å². The lowest BCUT2D eigenvalue weighted by molar-refractivity contribution is 1.11. The highest BCUT2D eigenvalue weighted by Crippen LogP contribution is 2.29. The smallest absolute Gasteiger partial charge is 0.206 e. The van der Waals surface area contributed by atoms with E-state index in [9.17, 15) is 0 Å². The molecule has 0 atom stereocenters. The van der Waals surface area contributed by atoms with E-state index in [0.29, 0.717) is 5.95 Å². The van der Waals surface area contributed by atoms with E-state index in [1.165, 1.54) is 0 Å². The van der Waals surface area contributed by atoms with Crippen molar-refractivity contribution in [3.8, 4) is 17.1 Å². The zero-order valence-corrected chi connectivity index (χ0v) is 13.2. The number of nitrogens with one attached hydrogen (secondary N) is 1. The van der Waals surface area contributed by atoms with Crippen LogP contribution in [0.1, 0.15) is 0 Å². The quantitative estimate of drug-likeness (QED) is 0.519. The van der Waals surface area contributed by atoms with Crippen molar-refractivity contribution in [1.82, 2.24) is 24.5 Å². The SMILES string of the molecule is Nc1nc2c(-c3ccccn3)nccc2n1-c1ccc2cc[nH]c2c1. The van der Waals surface area contributed by atoms with Gasteiger partial charge in [-0.15, -0.1) is 0 Å². The first-order chi connectivity index (χ1) is 12.3. The van der Waals surface area contributed by atoms with E-state index >= 15 is 0 Å². The summed E-state index contributed by atoms with van der Waals surface area (Å²) < 4.78 is 1.93. The first kappa shape index (κ1) is 13.7. The normalized spacial score (nSPS) is 11.4. The average Bonchev–Trinajstić information content (AvgIpc) is 3.24. The molecular formula is C19H14N6. The lowest BCUT2D eigenvalue weighted by Crippen LogP contribution is -2.00. The zero-order valence-electron chi connectivity index (χ0n) is 13.2. The molecular weight excluding hydrogens is 312 g/mol. The number of pyridine rings is 2. The monoisotopic (exact) mass is 326 g/mol. The van der Waals surface area contributed by atoms with Gasteiger partial charge in [-0.25, -0.2) is 4.98 Å².